The van der Waals surface area contributed by atoms with Crippen molar-refractivity contribution in [2.24, 2.45) is 0 Å². The van der Waals surface area contributed by atoms with Gasteiger partial charge in [0.05, 0.1) is 32.7 Å². The molecule has 0 aliphatic heterocycles. The summed E-state index contributed by atoms with van der Waals surface area (Å²) in [6.45, 7) is 1.69. The molecule has 0 saturated carbocycles. The van der Waals surface area contributed by atoms with E-state index in [0.717, 1.165) is 49.9 Å². The molecule has 10 nitrogen and oxygen atoms in total. The van der Waals surface area contributed by atoms with Crippen molar-refractivity contribution in [1.29, 1.82) is 0 Å². The number of halogens is 1. The zero-order valence-corrected chi connectivity index (χ0v) is 19.5. The highest BCUT2D eigenvalue weighted by Gasteiger charge is 2.22. The summed E-state index contributed by atoms with van der Waals surface area (Å²) in [6.07, 6.45) is 0. The minimum Gasteiger partial charge on any atom is -0.507 e. The molecule has 0 aliphatic rings. The number of nitrogens with zero attached hydrogens (tertiary/aromatic N) is 2. The van der Waals surface area contributed by atoms with E-state index in [1.54, 1.807) is 6.92 Å². The van der Waals surface area contributed by atoms with Gasteiger partial charge in [-0.25, -0.2) is 0 Å². The normalized spacial score (nSPS) is 11.3. The fourth-order valence-electron chi connectivity index (χ4n) is 4.27. The highest BCUT2D eigenvalue weighted by Crippen LogP contribution is 2.38. The lowest BCUT2D eigenvalue weighted by molar-refractivity contribution is -0.394. The second-order valence-corrected chi connectivity index (χ2v) is 8.92. The maximum absolute atomic E-state index is 13.0. The summed E-state index contributed by atoms with van der Waals surface area (Å²) in [6, 6.07) is 14.0. The van der Waals surface area contributed by atoms with Gasteiger partial charge in [0.1, 0.15) is 5.75 Å². The van der Waals surface area contributed by atoms with Gasteiger partial charge in [0.25, 0.3) is 17.3 Å². The van der Waals surface area contributed by atoms with Gasteiger partial charge in [0.15, 0.2) is 0 Å². The molecule has 11 heteroatoms. The zero-order chi connectivity index (χ0) is 25.0. The fraction of sp³-hybridized carbons (Fsp3) is 0.0417. The lowest BCUT2D eigenvalue weighted by Gasteiger charge is -2.12. The van der Waals surface area contributed by atoms with E-state index in [0.29, 0.717) is 10.9 Å². The molecule has 0 bridgehead atoms. The highest BCUT2D eigenvalue weighted by molar-refractivity contribution is 9.10. The van der Waals surface area contributed by atoms with Crippen LogP contribution in [0.2, 0.25) is 0 Å². The van der Waals surface area contributed by atoms with E-state index in [-0.39, 0.29) is 17.0 Å². The number of nitro groups is 2. The third-order valence-corrected chi connectivity index (χ3v) is 6.37. The van der Waals surface area contributed by atoms with Crippen molar-refractivity contribution in [3.05, 3.63) is 90.4 Å². The first-order valence-electron chi connectivity index (χ1n) is 10.3. The molecule has 0 atom stereocenters. The summed E-state index contributed by atoms with van der Waals surface area (Å²) in [7, 11) is 0. The number of nitrogens with one attached hydrogen (secondary N) is 2. The Bertz CT molecular complexity index is 1710. The van der Waals surface area contributed by atoms with Gasteiger partial charge >= 0.3 is 0 Å². The Labute approximate surface area is 204 Å². The van der Waals surface area contributed by atoms with E-state index in [1.165, 1.54) is 6.07 Å². The predicted octanol–water partition coefficient (Wildman–Crippen LogP) is 6.32. The highest BCUT2D eigenvalue weighted by atomic mass is 79.9. The second-order valence-electron chi connectivity index (χ2n) is 8.01. The Morgan fingerprint density at radius 2 is 1.66 bits per heavy atom. The molecule has 174 valence electrons. The molecule has 0 saturated heterocycles. The van der Waals surface area contributed by atoms with Crippen molar-refractivity contribution in [3.8, 4) is 5.75 Å². The van der Waals surface area contributed by atoms with Crippen LogP contribution in [0, 0.1) is 27.2 Å². The molecule has 35 heavy (non-hydrogen) atoms. The lowest BCUT2D eigenvalue weighted by atomic mass is 9.97. The fourth-order valence-corrected chi connectivity index (χ4v) is 4.64. The number of rotatable bonds is 4. The second kappa shape index (κ2) is 8.06. The number of H-pyrrole nitrogens is 1. The van der Waals surface area contributed by atoms with Crippen molar-refractivity contribution in [2.45, 2.75) is 6.92 Å². The monoisotopic (exact) mass is 534 g/mol. The molecule has 1 heterocycles. The number of amides is 1. The topological polar surface area (TPSA) is 151 Å². The van der Waals surface area contributed by atoms with Crippen LogP contribution in [-0.2, 0) is 0 Å². The Hall–Kier alpha value is -4.51. The van der Waals surface area contributed by atoms with E-state index >= 15 is 0 Å². The lowest BCUT2D eigenvalue weighted by Crippen LogP contribution is -2.13. The molecule has 0 unspecified atom stereocenters. The molecule has 5 rings (SSSR count). The predicted molar refractivity (Wildman–Crippen MR) is 135 cm³/mol. The van der Waals surface area contributed by atoms with Crippen LogP contribution in [0.5, 0.6) is 5.75 Å². The number of benzene rings is 4. The first kappa shape index (κ1) is 22.3. The van der Waals surface area contributed by atoms with Gasteiger partial charge in [-0.15, -0.1) is 0 Å². The minimum absolute atomic E-state index is 0.0673. The minimum atomic E-state index is -0.787. The quantitative estimate of drug-likeness (QED) is 0.181. The van der Waals surface area contributed by atoms with Crippen LogP contribution < -0.4 is 5.32 Å². The number of aryl methyl sites for hydroxylation is 1. The zero-order valence-electron chi connectivity index (χ0n) is 18.0. The number of hydrogen-bond donors (Lipinski definition) is 3. The Morgan fingerprint density at radius 1 is 0.971 bits per heavy atom. The van der Waals surface area contributed by atoms with E-state index in [4.69, 9.17) is 0 Å². The molecule has 0 fully saturated rings. The maximum atomic E-state index is 13.0. The van der Waals surface area contributed by atoms with Gasteiger partial charge in [-0.3, -0.25) is 25.0 Å². The van der Waals surface area contributed by atoms with E-state index in [2.05, 4.69) is 26.2 Å². The van der Waals surface area contributed by atoms with Gasteiger partial charge in [0, 0.05) is 43.8 Å². The molecule has 3 N–H and O–H groups in total. The van der Waals surface area contributed by atoms with Crippen LogP contribution >= 0.6 is 15.9 Å². The van der Waals surface area contributed by atoms with Gasteiger partial charge in [-0.2, -0.15) is 0 Å². The van der Waals surface area contributed by atoms with E-state index < -0.39 is 27.1 Å². The van der Waals surface area contributed by atoms with Crippen LogP contribution in [0.1, 0.15) is 15.9 Å². The summed E-state index contributed by atoms with van der Waals surface area (Å²) in [5.74, 6) is -1.02. The summed E-state index contributed by atoms with van der Waals surface area (Å²) < 4.78 is 0.930. The first-order valence-corrected chi connectivity index (χ1v) is 11.0. The molecular weight excluding hydrogens is 520 g/mol. The van der Waals surface area contributed by atoms with Crippen LogP contribution in [-0.4, -0.2) is 25.8 Å². The smallest absolute Gasteiger partial charge is 0.278 e. The van der Waals surface area contributed by atoms with Crippen molar-refractivity contribution >= 4 is 71.5 Å². The average Bonchev–Trinajstić information content (AvgIpc) is 3.18. The molecular formula is C24H15BrN4O6. The number of aromatic amines is 1. The largest absolute Gasteiger partial charge is 0.507 e. The van der Waals surface area contributed by atoms with Gasteiger partial charge in [-0.1, -0.05) is 28.1 Å². The van der Waals surface area contributed by atoms with Crippen LogP contribution in [0.3, 0.4) is 0 Å². The third kappa shape index (κ3) is 3.71. The molecule has 5 aromatic rings. The van der Waals surface area contributed by atoms with E-state index in [1.807, 2.05) is 30.3 Å². The van der Waals surface area contributed by atoms with Crippen molar-refractivity contribution in [3.63, 3.8) is 0 Å². The van der Waals surface area contributed by atoms with Crippen LogP contribution in [0.4, 0.5) is 17.1 Å². The van der Waals surface area contributed by atoms with Crippen molar-refractivity contribution < 1.29 is 19.7 Å². The summed E-state index contributed by atoms with van der Waals surface area (Å²) >= 11 is 3.48. The molecule has 0 spiro atoms. The van der Waals surface area contributed by atoms with E-state index in [9.17, 15) is 30.1 Å². The number of phenolic OH excluding ortho intramolecular Hbond substituents is 1. The molecule has 1 amide bonds. The third-order valence-electron chi connectivity index (χ3n) is 5.88. The number of anilines is 1. The van der Waals surface area contributed by atoms with Gasteiger partial charge in [0.2, 0.25) is 0 Å². The van der Waals surface area contributed by atoms with Crippen LogP contribution in [0.25, 0.3) is 32.6 Å². The Kier molecular flexibility index (Phi) is 5.13. The van der Waals surface area contributed by atoms with Gasteiger partial charge in [-0.05, 0) is 36.6 Å². The number of carbonyl (C=O) groups excluding carboxylic acids is 1. The van der Waals surface area contributed by atoms with Crippen molar-refractivity contribution in [1.82, 2.24) is 4.98 Å². The molecule has 1 aromatic heterocycles. The number of nitro benzene ring substituents is 2. The molecule has 0 aliphatic carbocycles. The summed E-state index contributed by atoms with van der Waals surface area (Å²) in [5.41, 5.74) is 0.914. The molecule has 0 radical (unpaired) electrons. The molecule has 4 aromatic carbocycles. The Balaban J connectivity index is 1.62. The Morgan fingerprint density at radius 3 is 2.31 bits per heavy atom. The number of phenols is 1. The number of non-ortho nitro benzene ring substituents is 2. The maximum Gasteiger partial charge on any atom is 0.278 e. The SMILES string of the molecule is Cc1c(O)c(C(=O)Nc2cc([N+](=O)[O-])cc([N+](=O)[O-])c2)cc2ccc3c4cc(Br)ccc4[nH]c3c12. The number of carbonyl (C=O) groups is 1. The standard InChI is InChI=1S/C24H15BrN4O6/c1-11-21-12(2-4-17-18-7-13(25)3-5-20(18)27-22(17)21)6-19(23(11)30)24(31)26-14-8-15(28(32)33)10-16(9-14)29(34)35/h2-10,27,30H,1H3,(H,26,31). The van der Waals surface area contributed by atoms with Gasteiger partial charge < -0.3 is 15.4 Å². The van der Waals surface area contributed by atoms with Crippen LogP contribution in [0.15, 0.2) is 59.1 Å². The van der Waals surface area contributed by atoms with Crippen molar-refractivity contribution in [2.75, 3.05) is 5.32 Å². The average molecular weight is 535 g/mol. The first-order chi connectivity index (χ1) is 16.6. The number of hydrogen-bond acceptors (Lipinski definition) is 6. The summed E-state index contributed by atoms with van der Waals surface area (Å²) in [4.78, 5) is 37.1. The summed E-state index contributed by atoms with van der Waals surface area (Å²) in [5, 5.41) is 39.0. The number of aromatic hydroxyl groups is 1. The number of fused-ring (bicyclic) bond motifs is 5. The number of aromatic nitrogens is 1.